The van der Waals surface area contributed by atoms with Gasteiger partial charge in [-0.15, -0.1) is 0 Å². The van der Waals surface area contributed by atoms with Crippen molar-refractivity contribution in [1.29, 1.82) is 0 Å². The Morgan fingerprint density at radius 3 is 2.91 bits per heavy atom. The van der Waals surface area contributed by atoms with Gasteiger partial charge in [-0.1, -0.05) is 0 Å². The summed E-state index contributed by atoms with van der Waals surface area (Å²) in [6.45, 7) is 0.571. The lowest BCUT2D eigenvalue weighted by Gasteiger charge is -2.28. The van der Waals surface area contributed by atoms with Crippen LogP contribution in [0.1, 0.15) is 28.2 Å². The van der Waals surface area contributed by atoms with Gasteiger partial charge in [-0.25, -0.2) is 0 Å². The second-order valence-corrected chi connectivity index (χ2v) is 9.23. The highest BCUT2D eigenvalue weighted by Gasteiger charge is 2.32. The second-order valence-electron chi connectivity index (χ2n) is 5.94. The first-order chi connectivity index (χ1) is 10.9. The van der Waals surface area contributed by atoms with Crippen LogP contribution >= 0.6 is 11.8 Å². The Morgan fingerprint density at radius 1 is 1.48 bits per heavy atom. The van der Waals surface area contributed by atoms with Gasteiger partial charge in [0.05, 0.1) is 12.2 Å². The van der Waals surface area contributed by atoms with Crippen molar-refractivity contribution in [3.63, 3.8) is 0 Å². The molecule has 3 heterocycles. The summed E-state index contributed by atoms with van der Waals surface area (Å²) in [6, 6.07) is 0.203. The zero-order valence-electron chi connectivity index (χ0n) is 13.2. The highest BCUT2D eigenvalue weighted by molar-refractivity contribution is 7.99. The summed E-state index contributed by atoms with van der Waals surface area (Å²) >= 11 is 1.83. The lowest BCUT2D eigenvalue weighted by Crippen LogP contribution is -2.43. The first-order valence-corrected chi connectivity index (χ1v) is 10.1. The third-order valence-corrected chi connectivity index (χ3v) is 7.22. The lowest BCUT2D eigenvalue weighted by atomic mass is 10.1. The van der Waals surface area contributed by atoms with Gasteiger partial charge in [0.15, 0.2) is 5.69 Å². The number of hydrogen-bond donors (Lipinski definition) is 2. The van der Waals surface area contributed by atoms with Crippen LogP contribution in [0.25, 0.3) is 0 Å². The van der Waals surface area contributed by atoms with Crippen LogP contribution in [0.2, 0.25) is 0 Å². The maximum absolute atomic E-state index is 12.4. The van der Waals surface area contributed by atoms with Gasteiger partial charge in [0.2, 0.25) is 0 Å². The van der Waals surface area contributed by atoms with Crippen LogP contribution in [0.3, 0.4) is 0 Å². The number of fused-ring (bicyclic) bond motifs is 1. The normalized spacial score (nSPS) is 22.3. The van der Waals surface area contributed by atoms with Crippen molar-refractivity contribution < 1.29 is 13.2 Å². The molecule has 3 rings (SSSR count). The summed E-state index contributed by atoms with van der Waals surface area (Å²) in [4.78, 5) is 12.4. The molecule has 1 saturated heterocycles. The Balaban J connectivity index is 1.74. The number of carbonyl (C=O) groups excluding carboxylic acids is 1. The van der Waals surface area contributed by atoms with Crippen LogP contribution in [-0.4, -0.2) is 71.3 Å². The monoisotopic (exact) mass is 359 g/mol. The van der Waals surface area contributed by atoms with Crippen molar-refractivity contribution in [3.8, 4) is 0 Å². The fourth-order valence-corrected chi connectivity index (χ4v) is 5.04. The Kier molecular flexibility index (Phi) is 4.68. The van der Waals surface area contributed by atoms with E-state index in [4.69, 9.17) is 0 Å². The molecule has 2 N–H and O–H groups in total. The maximum atomic E-state index is 12.4. The highest BCUT2D eigenvalue weighted by Crippen LogP contribution is 2.24. The Morgan fingerprint density at radius 2 is 2.26 bits per heavy atom. The van der Waals surface area contributed by atoms with Gasteiger partial charge >= 0.3 is 0 Å². The molecule has 1 amide bonds. The van der Waals surface area contributed by atoms with E-state index >= 15 is 0 Å². The van der Waals surface area contributed by atoms with Crippen molar-refractivity contribution in [1.82, 2.24) is 24.1 Å². The molecule has 0 radical (unpaired) electrons. The van der Waals surface area contributed by atoms with Crippen LogP contribution in [0, 0.1) is 0 Å². The summed E-state index contributed by atoms with van der Waals surface area (Å²) in [5.74, 6) is 1.84. The van der Waals surface area contributed by atoms with Crippen molar-refractivity contribution >= 4 is 27.9 Å². The predicted octanol–water partition coefficient (Wildman–Crippen LogP) is -0.190. The van der Waals surface area contributed by atoms with Crippen molar-refractivity contribution in [2.75, 3.05) is 32.1 Å². The first kappa shape index (κ1) is 16.7. The second kappa shape index (κ2) is 6.42. The third kappa shape index (κ3) is 3.25. The molecule has 8 nitrogen and oxygen atoms in total. The van der Waals surface area contributed by atoms with E-state index in [0.29, 0.717) is 24.4 Å². The summed E-state index contributed by atoms with van der Waals surface area (Å²) in [7, 11) is -0.436. The molecule has 10 heteroatoms. The molecule has 23 heavy (non-hydrogen) atoms. The number of hydrogen-bond acceptors (Lipinski definition) is 5. The fourth-order valence-electron chi connectivity index (χ4n) is 2.81. The minimum Gasteiger partial charge on any atom is -0.347 e. The molecule has 128 valence electrons. The van der Waals surface area contributed by atoms with Crippen molar-refractivity contribution in [2.45, 2.75) is 25.4 Å². The molecule has 0 saturated carbocycles. The number of amides is 1. The van der Waals surface area contributed by atoms with E-state index < -0.39 is 10.2 Å². The number of aromatic amines is 1. The third-order valence-electron chi connectivity index (χ3n) is 4.17. The summed E-state index contributed by atoms with van der Waals surface area (Å²) < 4.78 is 27.0. The topological polar surface area (TPSA) is 98.4 Å². The first-order valence-electron chi connectivity index (χ1n) is 7.52. The average molecular weight is 359 g/mol. The van der Waals surface area contributed by atoms with E-state index in [1.807, 2.05) is 11.8 Å². The Labute approximate surface area is 140 Å². The Hall–Kier alpha value is -1.10. The number of nitrogens with one attached hydrogen (secondary N) is 2. The average Bonchev–Trinajstić information content (AvgIpc) is 3.15. The number of H-pyrrole nitrogens is 1. The summed E-state index contributed by atoms with van der Waals surface area (Å²) in [5, 5.41) is 9.96. The minimum absolute atomic E-state index is 0.168. The molecule has 0 spiro atoms. The van der Waals surface area contributed by atoms with Crippen LogP contribution in [0.4, 0.5) is 0 Å². The van der Waals surface area contributed by atoms with Gasteiger partial charge in [0.1, 0.15) is 0 Å². The maximum Gasteiger partial charge on any atom is 0.281 e. The zero-order chi connectivity index (χ0) is 16.6. The van der Waals surface area contributed by atoms with E-state index in [9.17, 15) is 13.2 Å². The van der Waals surface area contributed by atoms with E-state index in [1.165, 1.54) is 22.7 Å². The van der Waals surface area contributed by atoms with Crippen LogP contribution < -0.4 is 5.32 Å². The van der Waals surface area contributed by atoms with E-state index in [1.54, 1.807) is 0 Å². The number of carbonyl (C=O) groups is 1. The number of thioether (sulfide) groups is 1. The predicted molar refractivity (Wildman–Crippen MR) is 88.5 cm³/mol. The smallest absolute Gasteiger partial charge is 0.281 e. The van der Waals surface area contributed by atoms with E-state index in [-0.39, 0.29) is 18.5 Å². The SMILES string of the molecule is CN(C)S(=O)(=O)N1CCc2c(C(=O)NC3CCSC3)n[nH]c2C1. The molecular formula is C13H21N5O3S2. The van der Waals surface area contributed by atoms with Gasteiger partial charge in [-0.05, 0) is 18.6 Å². The summed E-state index contributed by atoms with van der Waals surface area (Å²) in [5.41, 5.74) is 1.93. The lowest BCUT2D eigenvalue weighted by molar-refractivity contribution is 0.0935. The molecule has 2 aliphatic rings. The van der Waals surface area contributed by atoms with Crippen LogP contribution in [0.5, 0.6) is 0 Å². The van der Waals surface area contributed by atoms with Gasteiger partial charge in [-0.2, -0.15) is 33.9 Å². The molecule has 2 aliphatic heterocycles. The molecule has 1 aromatic rings. The van der Waals surface area contributed by atoms with Gasteiger partial charge in [0, 0.05) is 38.0 Å². The van der Waals surface area contributed by atoms with Crippen LogP contribution in [-0.2, 0) is 23.2 Å². The standard InChI is InChI=1S/C13H21N5O3S2/c1-17(2)23(20,21)18-5-3-10-11(7-18)15-16-12(10)13(19)14-9-4-6-22-8-9/h9H,3-8H2,1-2H3,(H,14,19)(H,15,16). The van der Waals surface area contributed by atoms with E-state index in [0.717, 1.165) is 23.5 Å². The number of nitrogens with zero attached hydrogens (tertiary/aromatic N) is 3. The molecule has 0 aliphatic carbocycles. The molecule has 1 aromatic heterocycles. The molecular weight excluding hydrogens is 338 g/mol. The van der Waals surface area contributed by atoms with Crippen molar-refractivity contribution in [2.24, 2.45) is 0 Å². The zero-order valence-corrected chi connectivity index (χ0v) is 14.8. The fraction of sp³-hybridized carbons (Fsp3) is 0.692. The van der Waals surface area contributed by atoms with Crippen molar-refractivity contribution in [3.05, 3.63) is 17.0 Å². The Bertz CT molecular complexity index is 694. The van der Waals surface area contributed by atoms with Gasteiger partial charge in [0.25, 0.3) is 16.1 Å². The molecule has 1 unspecified atom stereocenters. The highest BCUT2D eigenvalue weighted by atomic mass is 32.2. The number of aromatic nitrogens is 2. The number of rotatable bonds is 4. The molecule has 0 aromatic carbocycles. The largest absolute Gasteiger partial charge is 0.347 e. The molecule has 0 bridgehead atoms. The summed E-state index contributed by atoms with van der Waals surface area (Å²) in [6.07, 6.45) is 1.47. The minimum atomic E-state index is -3.46. The van der Waals surface area contributed by atoms with E-state index in [2.05, 4.69) is 15.5 Å². The van der Waals surface area contributed by atoms with Gasteiger partial charge < -0.3 is 5.32 Å². The van der Waals surface area contributed by atoms with Crippen LogP contribution in [0.15, 0.2) is 0 Å². The van der Waals surface area contributed by atoms with Gasteiger partial charge in [-0.3, -0.25) is 9.89 Å². The quantitative estimate of drug-likeness (QED) is 0.776. The molecule has 1 fully saturated rings. The molecule has 1 atom stereocenters.